The topological polar surface area (TPSA) is 100 Å². The molecule has 0 bridgehead atoms. The van der Waals surface area contributed by atoms with E-state index in [0.717, 1.165) is 5.56 Å². The molecule has 3 rings (SSSR count). The quantitative estimate of drug-likeness (QED) is 0.555. The monoisotopic (exact) mass is 372 g/mol. The van der Waals surface area contributed by atoms with Crippen LogP contribution in [0.5, 0.6) is 0 Å². The molecule has 0 aliphatic heterocycles. The standard InChI is InChI=1S/C18H17ClN4O3/c19-16-8-7-15(26-16)18(25)21-10-4-9-20-17(24)14-11-13(22-23-14)12-5-2-1-3-6-12/h1-3,5-8,11H,4,9-10H2,(H,20,24)(H,21,25)(H,22,23). The molecule has 0 aliphatic rings. The van der Waals surface area contributed by atoms with Crippen LogP contribution in [0, 0.1) is 0 Å². The molecule has 2 aromatic heterocycles. The van der Waals surface area contributed by atoms with Gasteiger partial charge in [-0.05, 0) is 36.2 Å². The third-order valence-electron chi connectivity index (χ3n) is 3.61. The van der Waals surface area contributed by atoms with E-state index in [-0.39, 0.29) is 22.8 Å². The molecule has 3 N–H and O–H groups in total. The lowest BCUT2D eigenvalue weighted by Gasteiger charge is -2.04. The van der Waals surface area contributed by atoms with E-state index in [2.05, 4.69) is 20.8 Å². The van der Waals surface area contributed by atoms with Crippen LogP contribution >= 0.6 is 11.6 Å². The normalized spacial score (nSPS) is 10.5. The number of furan rings is 1. The fourth-order valence-electron chi connectivity index (χ4n) is 2.31. The minimum Gasteiger partial charge on any atom is -0.440 e. The average molecular weight is 373 g/mol. The number of halogens is 1. The highest BCUT2D eigenvalue weighted by molar-refractivity contribution is 6.29. The highest BCUT2D eigenvalue weighted by Crippen LogP contribution is 2.16. The van der Waals surface area contributed by atoms with Crippen molar-refractivity contribution in [2.75, 3.05) is 13.1 Å². The number of amides is 2. The summed E-state index contributed by atoms with van der Waals surface area (Å²) in [5, 5.41) is 12.5. The van der Waals surface area contributed by atoms with Gasteiger partial charge >= 0.3 is 0 Å². The van der Waals surface area contributed by atoms with Crippen molar-refractivity contribution in [2.24, 2.45) is 0 Å². The van der Waals surface area contributed by atoms with Gasteiger partial charge in [-0.15, -0.1) is 0 Å². The maximum Gasteiger partial charge on any atom is 0.287 e. The van der Waals surface area contributed by atoms with Crippen LogP contribution in [-0.4, -0.2) is 35.1 Å². The summed E-state index contributed by atoms with van der Waals surface area (Å²) in [5.74, 6) is -0.432. The number of carbonyl (C=O) groups is 2. The summed E-state index contributed by atoms with van der Waals surface area (Å²) in [4.78, 5) is 23.9. The fourth-order valence-corrected chi connectivity index (χ4v) is 2.45. The predicted molar refractivity (Wildman–Crippen MR) is 97.0 cm³/mol. The molecule has 7 nitrogen and oxygen atoms in total. The molecule has 0 atom stereocenters. The summed E-state index contributed by atoms with van der Waals surface area (Å²) in [6, 6.07) is 14.3. The van der Waals surface area contributed by atoms with Crippen LogP contribution in [0.1, 0.15) is 27.5 Å². The third kappa shape index (κ3) is 4.52. The van der Waals surface area contributed by atoms with Crippen molar-refractivity contribution in [2.45, 2.75) is 6.42 Å². The van der Waals surface area contributed by atoms with Crippen molar-refractivity contribution in [3.63, 3.8) is 0 Å². The molecule has 0 aliphatic carbocycles. The Morgan fingerprint density at radius 2 is 1.77 bits per heavy atom. The van der Waals surface area contributed by atoms with Crippen LogP contribution < -0.4 is 10.6 Å². The first kappa shape index (κ1) is 17.8. The first-order valence-electron chi connectivity index (χ1n) is 8.06. The third-order valence-corrected chi connectivity index (χ3v) is 3.82. The SMILES string of the molecule is O=C(NCCCNC(=O)c1ccc(Cl)o1)c1cc(-c2ccccc2)n[nH]1. The first-order chi connectivity index (χ1) is 12.6. The highest BCUT2D eigenvalue weighted by atomic mass is 35.5. The van der Waals surface area contributed by atoms with Gasteiger partial charge in [0.25, 0.3) is 11.8 Å². The van der Waals surface area contributed by atoms with Gasteiger partial charge in [0.2, 0.25) is 0 Å². The summed E-state index contributed by atoms with van der Waals surface area (Å²) in [7, 11) is 0. The summed E-state index contributed by atoms with van der Waals surface area (Å²) < 4.78 is 5.01. The van der Waals surface area contributed by atoms with Crippen molar-refractivity contribution in [3.05, 3.63) is 65.2 Å². The molecule has 3 aromatic rings. The molecule has 2 heterocycles. The maximum atomic E-state index is 12.1. The molecule has 8 heteroatoms. The van der Waals surface area contributed by atoms with E-state index in [9.17, 15) is 9.59 Å². The van der Waals surface area contributed by atoms with E-state index in [1.807, 2.05) is 30.3 Å². The van der Waals surface area contributed by atoms with Gasteiger partial charge in [0.15, 0.2) is 11.0 Å². The number of nitrogens with zero attached hydrogens (tertiary/aromatic N) is 1. The smallest absolute Gasteiger partial charge is 0.287 e. The number of benzene rings is 1. The van der Waals surface area contributed by atoms with Gasteiger partial charge in [0.05, 0.1) is 5.69 Å². The Bertz CT molecular complexity index is 889. The zero-order valence-corrected chi connectivity index (χ0v) is 14.5. The number of hydrogen-bond acceptors (Lipinski definition) is 4. The molecule has 26 heavy (non-hydrogen) atoms. The second-order valence-electron chi connectivity index (χ2n) is 5.50. The van der Waals surface area contributed by atoms with E-state index in [1.54, 1.807) is 6.07 Å². The Labute approximate surface area is 154 Å². The Balaban J connectivity index is 1.40. The fraction of sp³-hybridized carbons (Fsp3) is 0.167. The van der Waals surface area contributed by atoms with Crippen LogP contribution in [0.2, 0.25) is 5.22 Å². The number of nitrogens with one attached hydrogen (secondary N) is 3. The van der Waals surface area contributed by atoms with Gasteiger partial charge in [-0.1, -0.05) is 30.3 Å². The Morgan fingerprint density at radius 1 is 1.04 bits per heavy atom. The number of aromatic nitrogens is 2. The Kier molecular flexibility index (Phi) is 5.70. The largest absolute Gasteiger partial charge is 0.440 e. The molecule has 0 unspecified atom stereocenters. The molecule has 134 valence electrons. The zero-order valence-electron chi connectivity index (χ0n) is 13.8. The highest BCUT2D eigenvalue weighted by Gasteiger charge is 2.11. The minimum absolute atomic E-state index is 0.157. The number of rotatable bonds is 7. The van der Waals surface area contributed by atoms with Crippen LogP contribution in [0.15, 0.2) is 52.9 Å². The molecule has 0 fully saturated rings. The zero-order chi connectivity index (χ0) is 18.4. The molecular formula is C18H17ClN4O3. The summed E-state index contributed by atoms with van der Waals surface area (Å²) in [6.45, 7) is 0.813. The summed E-state index contributed by atoms with van der Waals surface area (Å²) in [6.07, 6.45) is 0.575. The average Bonchev–Trinajstić information content (AvgIpc) is 3.31. The van der Waals surface area contributed by atoms with Crippen LogP contribution in [-0.2, 0) is 0 Å². The first-order valence-corrected chi connectivity index (χ1v) is 8.44. The van der Waals surface area contributed by atoms with Crippen LogP contribution in [0.4, 0.5) is 0 Å². The maximum absolute atomic E-state index is 12.1. The molecule has 1 aromatic carbocycles. The van der Waals surface area contributed by atoms with Gasteiger partial charge in [-0.25, -0.2) is 0 Å². The lowest BCUT2D eigenvalue weighted by atomic mass is 10.1. The van der Waals surface area contributed by atoms with E-state index < -0.39 is 0 Å². The van der Waals surface area contributed by atoms with Crippen molar-refractivity contribution in [3.8, 4) is 11.3 Å². The van der Waals surface area contributed by atoms with E-state index in [0.29, 0.717) is 30.9 Å². The minimum atomic E-state index is -0.343. The molecule has 0 saturated carbocycles. The Morgan fingerprint density at radius 3 is 2.46 bits per heavy atom. The van der Waals surface area contributed by atoms with Gasteiger partial charge in [-0.3, -0.25) is 14.7 Å². The van der Waals surface area contributed by atoms with Crippen LogP contribution in [0.3, 0.4) is 0 Å². The summed E-state index contributed by atoms with van der Waals surface area (Å²) in [5.41, 5.74) is 2.03. The molecule has 2 amide bonds. The molecular weight excluding hydrogens is 356 g/mol. The van der Waals surface area contributed by atoms with Gasteiger partial charge in [-0.2, -0.15) is 5.10 Å². The number of hydrogen-bond donors (Lipinski definition) is 3. The second-order valence-corrected chi connectivity index (χ2v) is 5.87. The molecule has 0 radical (unpaired) electrons. The van der Waals surface area contributed by atoms with Crippen molar-refractivity contribution >= 4 is 23.4 Å². The van der Waals surface area contributed by atoms with Gasteiger partial charge in [0, 0.05) is 18.7 Å². The van der Waals surface area contributed by atoms with Crippen LogP contribution in [0.25, 0.3) is 11.3 Å². The summed E-state index contributed by atoms with van der Waals surface area (Å²) >= 11 is 5.62. The lowest BCUT2D eigenvalue weighted by molar-refractivity contribution is 0.0925. The number of aromatic amines is 1. The van der Waals surface area contributed by atoms with E-state index in [1.165, 1.54) is 12.1 Å². The van der Waals surface area contributed by atoms with Gasteiger partial charge in [0.1, 0.15) is 5.69 Å². The van der Waals surface area contributed by atoms with E-state index >= 15 is 0 Å². The molecule has 0 saturated heterocycles. The predicted octanol–water partition coefficient (Wildman–Crippen LogP) is 2.87. The van der Waals surface area contributed by atoms with Crippen molar-refractivity contribution in [1.29, 1.82) is 0 Å². The number of carbonyl (C=O) groups excluding carboxylic acids is 2. The molecule has 0 spiro atoms. The van der Waals surface area contributed by atoms with Crippen molar-refractivity contribution in [1.82, 2.24) is 20.8 Å². The second kappa shape index (κ2) is 8.35. The Hall–Kier alpha value is -3.06. The van der Waals surface area contributed by atoms with Crippen molar-refractivity contribution < 1.29 is 14.0 Å². The van der Waals surface area contributed by atoms with Gasteiger partial charge < -0.3 is 15.1 Å². The lowest BCUT2D eigenvalue weighted by Crippen LogP contribution is -2.29. The van der Waals surface area contributed by atoms with E-state index in [4.69, 9.17) is 16.0 Å². The number of H-pyrrole nitrogens is 1.